The lowest BCUT2D eigenvalue weighted by atomic mass is 10.3. The Kier molecular flexibility index (Phi) is 4.19. The Balaban J connectivity index is 1.58. The molecule has 140 valence electrons. The third-order valence-corrected chi connectivity index (χ3v) is 5.34. The van der Waals surface area contributed by atoms with Gasteiger partial charge in [-0.3, -0.25) is 4.79 Å². The molecule has 0 saturated heterocycles. The summed E-state index contributed by atoms with van der Waals surface area (Å²) in [6.07, 6.45) is -3.69. The first-order valence-electron chi connectivity index (χ1n) is 7.67. The normalized spacial score (nSPS) is 14.2. The van der Waals surface area contributed by atoms with Gasteiger partial charge in [0.2, 0.25) is 5.91 Å². The van der Waals surface area contributed by atoms with Crippen LogP contribution in [0.4, 0.5) is 24.7 Å². The summed E-state index contributed by atoms with van der Waals surface area (Å²) in [7, 11) is 0. The van der Waals surface area contributed by atoms with Crippen molar-refractivity contribution in [2.24, 2.45) is 0 Å². The molecule has 1 aliphatic heterocycles. The first-order valence-corrected chi connectivity index (χ1v) is 9.37. The summed E-state index contributed by atoms with van der Waals surface area (Å²) in [6.45, 7) is 3.23. The van der Waals surface area contributed by atoms with Gasteiger partial charge in [-0.2, -0.15) is 0 Å². The number of benzene rings is 1. The summed E-state index contributed by atoms with van der Waals surface area (Å²) in [4.78, 5) is 20.8. The zero-order chi connectivity index (χ0) is 19.2. The van der Waals surface area contributed by atoms with Gasteiger partial charge in [-0.1, -0.05) is 17.4 Å². The van der Waals surface area contributed by atoms with Crippen LogP contribution >= 0.6 is 22.7 Å². The van der Waals surface area contributed by atoms with E-state index in [1.54, 1.807) is 12.1 Å². The Bertz CT molecular complexity index is 1030. The summed E-state index contributed by atoms with van der Waals surface area (Å²) >= 11 is 2.61. The number of carbonyl (C=O) groups is 1. The average molecular weight is 410 g/mol. The lowest BCUT2D eigenvalue weighted by Crippen LogP contribution is -2.26. The van der Waals surface area contributed by atoms with Crippen molar-refractivity contribution in [2.75, 3.05) is 10.6 Å². The first kappa shape index (κ1) is 17.6. The third-order valence-electron chi connectivity index (χ3n) is 3.49. The molecule has 1 aromatic carbocycles. The molecule has 0 atom stereocenters. The van der Waals surface area contributed by atoms with Crippen molar-refractivity contribution in [3.05, 3.63) is 29.3 Å². The molecule has 3 aromatic rings. The number of aryl methyl sites for hydroxylation is 1. The molecule has 7 nitrogen and oxygen atoms in total. The molecular formula is C16H12F2N4O3S2. The van der Waals surface area contributed by atoms with Gasteiger partial charge in [0.25, 0.3) is 0 Å². The molecule has 0 fully saturated rings. The largest absolute Gasteiger partial charge is 0.586 e. The molecule has 1 aliphatic rings. The van der Waals surface area contributed by atoms with Crippen LogP contribution in [0.25, 0.3) is 10.6 Å². The zero-order valence-corrected chi connectivity index (χ0v) is 15.6. The highest BCUT2D eigenvalue weighted by Gasteiger charge is 2.44. The minimum atomic E-state index is -3.69. The monoisotopic (exact) mass is 410 g/mol. The molecule has 3 heterocycles. The lowest BCUT2D eigenvalue weighted by Gasteiger charge is -2.07. The number of halogens is 2. The second-order valence-corrected chi connectivity index (χ2v) is 7.44. The minimum Gasteiger partial charge on any atom is -0.395 e. The number of anilines is 3. The zero-order valence-electron chi connectivity index (χ0n) is 14.0. The van der Waals surface area contributed by atoms with Gasteiger partial charge in [0.1, 0.15) is 0 Å². The number of alkyl halides is 2. The summed E-state index contributed by atoms with van der Waals surface area (Å²) in [5, 5.41) is 8.42. The summed E-state index contributed by atoms with van der Waals surface area (Å²) in [5.74, 6) is -0.311. The van der Waals surface area contributed by atoms with Crippen LogP contribution in [0.2, 0.25) is 0 Å². The topological polar surface area (TPSA) is 85.4 Å². The van der Waals surface area contributed by atoms with Crippen molar-refractivity contribution in [3.63, 3.8) is 0 Å². The second kappa shape index (κ2) is 6.43. The molecule has 4 rings (SSSR count). The predicted octanol–water partition coefficient (Wildman–Crippen LogP) is 4.60. The molecule has 2 N–H and O–H groups in total. The molecule has 27 heavy (non-hydrogen) atoms. The van der Waals surface area contributed by atoms with Gasteiger partial charge in [0.05, 0.1) is 22.0 Å². The van der Waals surface area contributed by atoms with Gasteiger partial charge >= 0.3 is 6.29 Å². The van der Waals surface area contributed by atoms with E-state index < -0.39 is 6.29 Å². The van der Waals surface area contributed by atoms with Crippen LogP contribution in [0.3, 0.4) is 0 Å². The lowest BCUT2D eigenvalue weighted by molar-refractivity contribution is -0.286. The number of thiazole rings is 2. The fourth-order valence-electron chi connectivity index (χ4n) is 2.46. The van der Waals surface area contributed by atoms with Crippen molar-refractivity contribution in [1.29, 1.82) is 0 Å². The maximum Gasteiger partial charge on any atom is 0.586 e. The van der Waals surface area contributed by atoms with Gasteiger partial charge in [0.15, 0.2) is 21.8 Å². The van der Waals surface area contributed by atoms with E-state index in [-0.39, 0.29) is 17.4 Å². The number of ether oxygens (including phenoxy) is 2. The quantitative estimate of drug-likeness (QED) is 0.654. The second-order valence-electron chi connectivity index (χ2n) is 5.58. The standard InChI is InChI=1S/C16H12F2N4O3S2/c1-7-13(27-15(19-7)20-8(2)23)10-6-26-14(22-10)21-9-4-3-5-11-12(9)25-16(17,18)24-11/h3-6H,1-2H3,(H,21,22)(H,19,20,23). The number of nitrogens with zero attached hydrogens (tertiary/aromatic N) is 2. The minimum absolute atomic E-state index is 0.0416. The number of hydrogen-bond donors (Lipinski definition) is 2. The fourth-order valence-corrected chi connectivity index (χ4v) is 4.22. The molecule has 2 aromatic heterocycles. The molecule has 11 heteroatoms. The highest BCUT2D eigenvalue weighted by molar-refractivity contribution is 7.20. The van der Waals surface area contributed by atoms with E-state index in [1.807, 2.05) is 12.3 Å². The molecule has 0 saturated carbocycles. The highest BCUT2D eigenvalue weighted by Crippen LogP contribution is 2.47. The number of aromatic nitrogens is 2. The van der Waals surface area contributed by atoms with E-state index in [2.05, 4.69) is 30.1 Å². The SMILES string of the molecule is CC(=O)Nc1nc(C)c(-c2csc(Nc3cccc4c3OC(F)(F)O4)n2)s1. The number of nitrogens with one attached hydrogen (secondary N) is 2. The number of hydrogen-bond acceptors (Lipinski definition) is 8. The number of para-hydroxylation sites is 1. The Morgan fingerprint density at radius 1 is 1.22 bits per heavy atom. The molecule has 0 aliphatic carbocycles. The number of amides is 1. The van der Waals surface area contributed by atoms with Crippen LogP contribution in [0, 0.1) is 6.92 Å². The van der Waals surface area contributed by atoms with Gasteiger partial charge < -0.3 is 20.1 Å². The van der Waals surface area contributed by atoms with Gasteiger partial charge in [-0.25, -0.2) is 9.97 Å². The molecule has 0 spiro atoms. The maximum absolute atomic E-state index is 13.3. The highest BCUT2D eigenvalue weighted by atomic mass is 32.1. The first-order chi connectivity index (χ1) is 12.8. The van der Waals surface area contributed by atoms with E-state index >= 15 is 0 Å². The Morgan fingerprint density at radius 3 is 2.81 bits per heavy atom. The van der Waals surface area contributed by atoms with Crippen LogP contribution < -0.4 is 20.1 Å². The Morgan fingerprint density at radius 2 is 2.04 bits per heavy atom. The van der Waals surface area contributed by atoms with E-state index in [1.165, 1.54) is 35.7 Å². The fraction of sp³-hybridized carbons (Fsp3) is 0.188. The van der Waals surface area contributed by atoms with Crippen LogP contribution in [0.15, 0.2) is 23.6 Å². The van der Waals surface area contributed by atoms with E-state index in [0.717, 1.165) is 10.6 Å². The van der Waals surface area contributed by atoms with Crippen molar-refractivity contribution in [3.8, 4) is 22.1 Å². The Hall–Kier alpha value is -2.79. The summed E-state index contributed by atoms with van der Waals surface area (Å²) in [6, 6.07) is 4.57. The molecule has 0 unspecified atom stereocenters. The molecule has 1 amide bonds. The molecule has 0 bridgehead atoms. The maximum atomic E-state index is 13.3. The van der Waals surface area contributed by atoms with Gasteiger partial charge in [-0.15, -0.1) is 20.1 Å². The number of carbonyl (C=O) groups excluding carboxylic acids is 1. The van der Waals surface area contributed by atoms with Gasteiger partial charge in [0, 0.05) is 12.3 Å². The van der Waals surface area contributed by atoms with Gasteiger partial charge in [-0.05, 0) is 19.1 Å². The van der Waals surface area contributed by atoms with Crippen LogP contribution in [-0.4, -0.2) is 22.2 Å². The van der Waals surface area contributed by atoms with Crippen LogP contribution in [0.5, 0.6) is 11.5 Å². The van der Waals surface area contributed by atoms with Crippen molar-refractivity contribution in [2.45, 2.75) is 20.1 Å². The summed E-state index contributed by atoms with van der Waals surface area (Å²) in [5.41, 5.74) is 1.73. The predicted molar refractivity (Wildman–Crippen MR) is 98.2 cm³/mol. The van der Waals surface area contributed by atoms with E-state index in [4.69, 9.17) is 0 Å². The molecule has 0 radical (unpaired) electrons. The summed E-state index contributed by atoms with van der Waals surface area (Å²) < 4.78 is 35.6. The Labute approximate surface area is 160 Å². The smallest absolute Gasteiger partial charge is 0.395 e. The third kappa shape index (κ3) is 3.55. The van der Waals surface area contributed by atoms with Crippen molar-refractivity contribution in [1.82, 2.24) is 9.97 Å². The van der Waals surface area contributed by atoms with Crippen LogP contribution in [0.1, 0.15) is 12.6 Å². The number of rotatable bonds is 4. The van der Waals surface area contributed by atoms with Crippen molar-refractivity contribution < 1.29 is 23.0 Å². The number of fused-ring (bicyclic) bond motifs is 1. The van der Waals surface area contributed by atoms with E-state index in [9.17, 15) is 13.6 Å². The van der Waals surface area contributed by atoms with Crippen molar-refractivity contribution >= 4 is 44.5 Å². The molecular weight excluding hydrogens is 398 g/mol. The van der Waals surface area contributed by atoms with E-state index in [0.29, 0.717) is 21.6 Å². The average Bonchev–Trinajstić information content (AvgIpc) is 3.23. The van der Waals surface area contributed by atoms with Crippen LogP contribution in [-0.2, 0) is 4.79 Å².